The Morgan fingerprint density at radius 2 is 1.78 bits per heavy atom. The normalized spacial score (nSPS) is 25.9. The highest BCUT2D eigenvalue weighted by Gasteiger charge is 2.55. The number of Topliss-reactive ketones (excluding diaryl/α,β-unsaturated/α-hetero) is 1. The minimum Gasteiger partial charge on any atom is -0.386 e. The van der Waals surface area contributed by atoms with Gasteiger partial charge in [0.15, 0.2) is 23.6 Å². The Morgan fingerprint density at radius 1 is 1.12 bits per heavy atom. The van der Waals surface area contributed by atoms with Crippen LogP contribution in [-0.4, -0.2) is 151 Å². The number of aliphatic hydroxyl groups excluding tert-OH is 2. The van der Waals surface area contributed by atoms with Gasteiger partial charge < -0.3 is 50.1 Å². The van der Waals surface area contributed by atoms with Gasteiger partial charge in [0.1, 0.15) is 43.1 Å². The quantitative estimate of drug-likeness (QED) is 0.0232. The maximum atomic E-state index is 13.2. The van der Waals surface area contributed by atoms with Crippen LogP contribution < -0.4 is 16.4 Å². The zero-order chi connectivity index (χ0) is 44.6. The Hall–Kier alpha value is -2.61. The molecule has 0 saturated carbocycles. The summed E-state index contributed by atoms with van der Waals surface area (Å²) in [6, 6.07) is 0. The summed E-state index contributed by atoms with van der Waals surface area (Å²) in [4.78, 5) is 103. The number of hydrogen-bond acceptors (Lipinski definition) is 20. The second-order valence-electron chi connectivity index (χ2n) is 14.4. The molecule has 10 N–H and O–H groups in total. The van der Waals surface area contributed by atoms with Gasteiger partial charge in [-0.15, -0.1) is 0 Å². The second-order valence-corrected chi connectivity index (χ2v) is 19.1. The monoisotopic (exact) mass is 921 g/mol. The van der Waals surface area contributed by atoms with Crippen LogP contribution in [0.1, 0.15) is 47.0 Å². The summed E-state index contributed by atoms with van der Waals surface area (Å²) in [5.74, 6) is -2.30. The Labute approximate surface area is 343 Å². The topological polar surface area (TPSA) is 377 Å². The number of nitrogens with two attached hydrogens (primary N) is 1. The standard InChI is InChI=1S/C30H50N7O18P3S/c1-17(2)6-5-7-18(38)12-20(39)30(31)24-26(34-15-36-30)37(16-35-24)28-22(41)23(54-56(44,45)46)19(53-28)13-51-57(47,48)55-58(49,50)52-14-29(3,4)25(42)27(43)33-9-8-21(40)32-10-11-59/h5,7,15,17,19,22-23,25,28,41-42,59H,6,8-14,16,31H2,1-4H3,(H,32,40)(H,33,43)(H,47,48)(H,49,50)(H2,44,45,46)/t19-,22-,23-,25+,28-,30?/m1/s1. The first kappa shape index (κ1) is 50.7. The van der Waals surface area contributed by atoms with Gasteiger partial charge in [-0.3, -0.25) is 43.5 Å². The summed E-state index contributed by atoms with van der Waals surface area (Å²) in [5, 5.41) is 26.5. The highest BCUT2D eigenvalue weighted by molar-refractivity contribution is 7.80. The lowest BCUT2D eigenvalue weighted by Gasteiger charge is -2.31. The van der Waals surface area contributed by atoms with E-state index in [4.69, 9.17) is 24.0 Å². The minimum absolute atomic E-state index is 0.122. The molecule has 25 nitrogen and oxygen atoms in total. The van der Waals surface area contributed by atoms with Crippen LogP contribution in [0.25, 0.3) is 0 Å². The fourth-order valence-corrected chi connectivity index (χ4v) is 8.36. The molecule has 2 amide bonds. The Kier molecular flexibility index (Phi) is 18.0. The number of allylic oxidation sites excluding steroid dienone is 2. The number of hydrogen-bond donors (Lipinski definition) is 10. The van der Waals surface area contributed by atoms with E-state index in [9.17, 15) is 62.7 Å². The minimum atomic E-state index is -5.64. The van der Waals surface area contributed by atoms with Crippen LogP contribution in [0.3, 0.4) is 0 Å². The number of phosphoric acid groups is 3. The van der Waals surface area contributed by atoms with Crippen LogP contribution >= 0.6 is 36.1 Å². The SMILES string of the molecule is CC(C)CC=CC(=O)CC(=O)C1(N)N=CN=C2C1=NCN2[C@@H]1O[C@H](COP(=O)(O)OP(=O)(O)OCC(C)(C)[C@@H](O)C(=O)NCCC(=O)NCCS)[C@@H](OP(=O)(O)O)[C@H]1O. The lowest BCUT2D eigenvalue weighted by atomic mass is 9.87. The first-order chi connectivity index (χ1) is 27.2. The molecule has 3 aliphatic rings. The molecule has 334 valence electrons. The summed E-state index contributed by atoms with van der Waals surface area (Å²) >= 11 is 3.96. The van der Waals surface area contributed by atoms with Crippen LogP contribution in [0.2, 0.25) is 0 Å². The molecule has 8 atom stereocenters. The molecule has 0 spiro atoms. The molecule has 29 heteroatoms. The van der Waals surface area contributed by atoms with E-state index in [0.29, 0.717) is 18.7 Å². The van der Waals surface area contributed by atoms with Crippen molar-refractivity contribution in [2.24, 2.45) is 32.0 Å². The zero-order valence-electron chi connectivity index (χ0n) is 32.3. The number of fused-ring (bicyclic) bond motifs is 1. The fraction of sp³-hybridized carbons (Fsp3) is 0.700. The maximum absolute atomic E-state index is 13.2. The number of thiol groups is 1. The summed E-state index contributed by atoms with van der Waals surface area (Å²) in [6.45, 7) is 3.97. The van der Waals surface area contributed by atoms with Crippen molar-refractivity contribution in [3.63, 3.8) is 0 Å². The van der Waals surface area contributed by atoms with Crippen molar-refractivity contribution in [1.82, 2.24) is 15.5 Å². The molecule has 1 fully saturated rings. The Morgan fingerprint density at radius 3 is 2.41 bits per heavy atom. The Bertz CT molecular complexity index is 1840. The van der Waals surface area contributed by atoms with Gasteiger partial charge in [0.05, 0.1) is 19.6 Å². The van der Waals surface area contributed by atoms with E-state index in [1.165, 1.54) is 19.9 Å². The van der Waals surface area contributed by atoms with Gasteiger partial charge in [-0.05, 0) is 18.4 Å². The maximum Gasteiger partial charge on any atom is 0.481 e. The van der Waals surface area contributed by atoms with Crippen molar-refractivity contribution in [3.05, 3.63) is 12.2 Å². The van der Waals surface area contributed by atoms with E-state index in [-0.39, 0.29) is 36.3 Å². The number of carbonyl (C=O) groups excluding carboxylic acids is 4. The van der Waals surface area contributed by atoms with Crippen molar-refractivity contribution in [3.8, 4) is 0 Å². The molecule has 0 bridgehead atoms. The molecule has 1 saturated heterocycles. The third kappa shape index (κ3) is 14.8. The van der Waals surface area contributed by atoms with Crippen LogP contribution in [0.15, 0.2) is 27.1 Å². The van der Waals surface area contributed by atoms with Crippen molar-refractivity contribution in [1.29, 1.82) is 0 Å². The lowest BCUT2D eigenvalue weighted by Crippen LogP contribution is -2.59. The van der Waals surface area contributed by atoms with E-state index in [0.717, 1.165) is 11.2 Å². The third-order valence-corrected chi connectivity index (χ3v) is 11.8. The smallest absolute Gasteiger partial charge is 0.386 e. The molecule has 3 aliphatic heterocycles. The molecular weight excluding hydrogens is 871 g/mol. The van der Waals surface area contributed by atoms with Crippen molar-refractivity contribution < 1.29 is 85.3 Å². The number of rotatable bonds is 24. The van der Waals surface area contributed by atoms with Gasteiger partial charge in [0.25, 0.3) is 0 Å². The fourth-order valence-electron chi connectivity index (χ4n) is 5.42. The summed E-state index contributed by atoms with van der Waals surface area (Å²) in [6.07, 6.45) is -5.82. The first-order valence-corrected chi connectivity index (χ1v) is 22.9. The van der Waals surface area contributed by atoms with E-state index in [2.05, 4.69) is 42.6 Å². The van der Waals surface area contributed by atoms with E-state index < -0.39 is 109 Å². The molecule has 0 radical (unpaired) electrons. The zero-order valence-corrected chi connectivity index (χ0v) is 35.9. The molecule has 3 unspecified atom stereocenters. The number of amides is 2. The molecule has 0 aliphatic carbocycles. The van der Waals surface area contributed by atoms with Gasteiger partial charge in [0, 0.05) is 30.7 Å². The average molecular weight is 922 g/mol. The number of aliphatic hydroxyl groups is 2. The van der Waals surface area contributed by atoms with Crippen molar-refractivity contribution in [2.45, 2.75) is 83.3 Å². The number of nitrogens with zero attached hydrogens (tertiary/aromatic N) is 4. The van der Waals surface area contributed by atoms with E-state index >= 15 is 0 Å². The van der Waals surface area contributed by atoms with Crippen molar-refractivity contribution >= 4 is 77.4 Å². The number of aliphatic imine (C=N–C) groups is 3. The predicted octanol–water partition coefficient (Wildman–Crippen LogP) is -1.32. The van der Waals surface area contributed by atoms with Crippen molar-refractivity contribution in [2.75, 3.05) is 38.7 Å². The summed E-state index contributed by atoms with van der Waals surface area (Å²) in [7, 11) is -16.6. The highest BCUT2D eigenvalue weighted by Crippen LogP contribution is 2.61. The van der Waals surface area contributed by atoms with E-state index in [1.54, 1.807) is 6.08 Å². The molecule has 0 aromatic heterocycles. The average Bonchev–Trinajstić information content (AvgIpc) is 3.68. The number of ketones is 2. The molecule has 0 aromatic rings. The second kappa shape index (κ2) is 21.0. The predicted molar refractivity (Wildman–Crippen MR) is 209 cm³/mol. The van der Waals surface area contributed by atoms with Gasteiger partial charge >= 0.3 is 23.5 Å². The number of nitrogens with one attached hydrogen (secondary N) is 2. The van der Waals surface area contributed by atoms with E-state index in [1.807, 2.05) is 13.8 Å². The lowest BCUT2D eigenvalue weighted by molar-refractivity contribution is -0.137. The molecular formula is C30H50N7O18P3S. The molecule has 0 aromatic carbocycles. The number of amidine groups is 1. The molecule has 3 rings (SSSR count). The van der Waals surface area contributed by atoms with Crippen LogP contribution in [-0.2, 0) is 55.5 Å². The van der Waals surface area contributed by atoms with Gasteiger partial charge in [-0.25, -0.2) is 23.7 Å². The first-order valence-electron chi connectivity index (χ1n) is 17.7. The van der Waals surface area contributed by atoms with Gasteiger partial charge in [0.2, 0.25) is 17.5 Å². The van der Waals surface area contributed by atoms with Gasteiger partial charge in [-0.1, -0.05) is 33.8 Å². The summed E-state index contributed by atoms with van der Waals surface area (Å²) in [5.41, 5.74) is 2.26. The molecule has 3 heterocycles. The highest BCUT2D eigenvalue weighted by atomic mass is 32.1. The number of phosphoric ester groups is 3. The van der Waals surface area contributed by atoms with Gasteiger partial charge in [-0.2, -0.15) is 16.9 Å². The largest absolute Gasteiger partial charge is 0.481 e. The van der Waals surface area contributed by atoms with Crippen LogP contribution in [0.4, 0.5) is 0 Å². The summed E-state index contributed by atoms with van der Waals surface area (Å²) < 4.78 is 61.5. The van der Waals surface area contributed by atoms with Crippen LogP contribution in [0.5, 0.6) is 0 Å². The Balaban J connectivity index is 1.65. The number of carbonyl (C=O) groups is 4. The third-order valence-electron chi connectivity index (χ3n) is 8.50. The molecule has 59 heavy (non-hydrogen) atoms. The number of ether oxygens (including phenoxy) is 1. The van der Waals surface area contributed by atoms with Crippen LogP contribution in [0, 0.1) is 11.3 Å².